The molecule has 0 bridgehead atoms. The summed E-state index contributed by atoms with van der Waals surface area (Å²) in [5.41, 5.74) is 0.692. The first kappa shape index (κ1) is 21.4. The predicted octanol–water partition coefficient (Wildman–Crippen LogP) is 2.67. The zero-order valence-electron chi connectivity index (χ0n) is 14.9. The Morgan fingerprint density at radius 3 is 2.59 bits per heavy atom. The summed E-state index contributed by atoms with van der Waals surface area (Å²) in [4.78, 5) is 25.0. The van der Waals surface area contributed by atoms with Gasteiger partial charge in [0.15, 0.2) is 0 Å². The number of halogens is 1. The zero-order chi connectivity index (χ0) is 20.0. The summed E-state index contributed by atoms with van der Waals surface area (Å²) >= 11 is 7.41. The van der Waals surface area contributed by atoms with Crippen LogP contribution < -0.4 is 10.6 Å². The highest BCUT2D eigenvalue weighted by Crippen LogP contribution is 2.24. The molecule has 0 atom stereocenters. The van der Waals surface area contributed by atoms with E-state index in [1.807, 2.05) is 0 Å². The Morgan fingerprint density at radius 2 is 1.96 bits per heavy atom. The number of anilines is 1. The Labute approximate surface area is 167 Å². The summed E-state index contributed by atoms with van der Waals surface area (Å²) < 4.78 is 23.9. The van der Waals surface area contributed by atoms with E-state index in [0.29, 0.717) is 40.7 Å². The maximum absolute atomic E-state index is 12.3. The lowest BCUT2D eigenvalue weighted by Gasteiger charge is -2.14. The summed E-state index contributed by atoms with van der Waals surface area (Å²) in [5.74, 6) is -0.631. The summed E-state index contributed by atoms with van der Waals surface area (Å²) in [6.07, 6.45) is 1.61. The van der Waals surface area contributed by atoms with Gasteiger partial charge in [0.25, 0.3) is 11.8 Å². The maximum atomic E-state index is 12.3. The molecule has 1 heterocycles. The number of thiophene rings is 1. The molecule has 27 heavy (non-hydrogen) atoms. The van der Waals surface area contributed by atoms with Crippen molar-refractivity contribution in [3.63, 3.8) is 0 Å². The summed E-state index contributed by atoms with van der Waals surface area (Å²) in [6, 6.07) is 8.06. The van der Waals surface area contributed by atoms with Crippen LogP contribution in [0, 0.1) is 0 Å². The Hall–Kier alpha value is -1.94. The number of carbonyl (C=O) groups excluding carboxylic acids is 2. The Balaban J connectivity index is 1.94. The molecule has 2 rings (SSSR count). The van der Waals surface area contributed by atoms with Crippen LogP contribution in [0.2, 0.25) is 5.02 Å². The number of hydrogen-bond donors (Lipinski definition) is 2. The van der Waals surface area contributed by atoms with Gasteiger partial charge in [-0.25, -0.2) is 12.7 Å². The Bertz CT molecular complexity index is 914. The van der Waals surface area contributed by atoms with Crippen LogP contribution in [0.25, 0.3) is 0 Å². The molecule has 7 nitrogen and oxygen atoms in total. The molecule has 2 N–H and O–H groups in total. The van der Waals surface area contributed by atoms with Crippen molar-refractivity contribution in [1.82, 2.24) is 9.62 Å². The van der Waals surface area contributed by atoms with Gasteiger partial charge >= 0.3 is 0 Å². The van der Waals surface area contributed by atoms with E-state index in [9.17, 15) is 18.0 Å². The van der Waals surface area contributed by atoms with Crippen molar-refractivity contribution in [3.05, 3.63) is 51.2 Å². The average Bonchev–Trinajstić information content (AvgIpc) is 3.14. The first-order valence-electron chi connectivity index (χ1n) is 8.02. The third kappa shape index (κ3) is 6.31. The van der Waals surface area contributed by atoms with Gasteiger partial charge < -0.3 is 10.6 Å². The predicted molar refractivity (Wildman–Crippen MR) is 108 cm³/mol. The molecule has 0 aliphatic heterocycles. The molecule has 0 saturated carbocycles. The summed E-state index contributed by atoms with van der Waals surface area (Å²) in [7, 11) is -1.74. The Morgan fingerprint density at radius 1 is 1.22 bits per heavy atom. The molecule has 0 saturated heterocycles. The molecule has 0 fully saturated rings. The highest BCUT2D eigenvalue weighted by Gasteiger charge is 2.13. The van der Waals surface area contributed by atoms with Crippen molar-refractivity contribution in [3.8, 4) is 0 Å². The first-order valence-corrected chi connectivity index (χ1v) is 11.1. The molecule has 2 aromatic rings. The van der Waals surface area contributed by atoms with Gasteiger partial charge in [-0.15, -0.1) is 11.3 Å². The molecular weight excluding hydrogens is 410 g/mol. The van der Waals surface area contributed by atoms with E-state index in [1.54, 1.807) is 23.6 Å². The van der Waals surface area contributed by atoms with Crippen molar-refractivity contribution in [2.24, 2.45) is 0 Å². The molecule has 10 heteroatoms. The monoisotopic (exact) mass is 429 g/mol. The van der Waals surface area contributed by atoms with Crippen LogP contribution in [0.3, 0.4) is 0 Å². The van der Waals surface area contributed by atoms with Gasteiger partial charge in [0.1, 0.15) is 0 Å². The van der Waals surface area contributed by atoms with Crippen LogP contribution >= 0.6 is 22.9 Å². The number of amides is 2. The number of rotatable bonds is 8. The SMILES string of the molecule is CN(CCCNC(=O)c1ccc(Cl)c(NC(=O)c2cccs2)c1)S(C)(=O)=O. The van der Waals surface area contributed by atoms with Crippen molar-refractivity contribution >= 4 is 50.5 Å². The quantitative estimate of drug-likeness (QED) is 0.630. The lowest BCUT2D eigenvalue weighted by atomic mass is 10.2. The van der Waals surface area contributed by atoms with E-state index in [1.165, 1.54) is 34.8 Å². The van der Waals surface area contributed by atoms with Crippen molar-refractivity contribution < 1.29 is 18.0 Å². The lowest BCUT2D eigenvalue weighted by molar-refractivity contribution is 0.0951. The third-order valence-electron chi connectivity index (χ3n) is 3.72. The summed E-state index contributed by atoms with van der Waals surface area (Å²) in [5, 5.41) is 7.53. The second kappa shape index (κ2) is 9.32. The number of carbonyl (C=O) groups is 2. The molecule has 0 radical (unpaired) electrons. The molecule has 0 unspecified atom stereocenters. The number of nitrogens with zero attached hydrogens (tertiary/aromatic N) is 1. The van der Waals surface area contributed by atoms with Crippen LogP contribution in [0.5, 0.6) is 0 Å². The topological polar surface area (TPSA) is 95.6 Å². The highest BCUT2D eigenvalue weighted by atomic mass is 35.5. The minimum absolute atomic E-state index is 0.298. The van der Waals surface area contributed by atoms with Crippen molar-refractivity contribution in [2.45, 2.75) is 6.42 Å². The van der Waals surface area contributed by atoms with E-state index in [-0.39, 0.29) is 11.8 Å². The lowest BCUT2D eigenvalue weighted by Crippen LogP contribution is -2.31. The molecule has 0 aliphatic rings. The largest absolute Gasteiger partial charge is 0.352 e. The minimum atomic E-state index is -3.23. The van der Waals surface area contributed by atoms with Crippen LogP contribution in [-0.2, 0) is 10.0 Å². The zero-order valence-corrected chi connectivity index (χ0v) is 17.2. The smallest absolute Gasteiger partial charge is 0.265 e. The fraction of sp³-hybridized carbons (Fsp3) is 0.294. The van der Waals surface area contributed by atoms with Gasteiger partial charge in [-0.1, -0.05) is 17.7 Å². The molecule has 0 aliphatic carbocycles. The number of hydrogen-bond acceptors (Lipinski definition) is 5. The van der Waals surface area contributed by atoms with Crippen LogP contribution in [-0.4, -0.2) is 50.9 Å². The summed E-state index contributed by atoms with van der Waals surface area (Å²) in [6.45, 7) is 0.625. The van der Waals surface area contributed by atoms with Gasteiger partial charge in [0.2, 0.25) is 10.0 Å². The molecule has 1 aromatic carbocycles. The molecule has 0 spiro atoms. The molecule has 146 valence electrons. The highest BCUT2D eigenvalue weighted by molar-refractivity contribution is 7.88. The fourth-order valence-electron chi connectivity index (χ4n) is 2.13. The second-order valence-electron chi connectivity index (χ2n) is 5.82. The Kier molecular flexibility index (Phi) is 7.37. The number of benzene rings is 1. The van der Waals surface area contributed by atoms with Gasteiger partial charge in [-0.3, -0.25) is 9.59 Å². The fourth-order valence-corrected chi connectivity index (χ4v) is 3.37. The standard InChI is InChI=1S/C17H20ClN3O4S2/c1-21(27(2,24)25)9-4-8-19-16(22)12-6-7-13(18)14(11-12)20-17(23)15-5-3-10-26-15/h3,5-7,10-11H,4,8-9H2,1-2H3,(H,19,22)(H,20,23). The minimum Gasteiger partial charge on any atom is -0.352 e. The van der Waals surface area contributed by atoms with E-state index in [4.69, 9.17) is 11.6 Å². The second-order valence-corrected chi connectivity index (χ2v) is 9.26. The van der Waals surface area contributed by atoms with Crippen LogP contribution in [0.4, 0.5) is 5.69 Å². The van der Waals surface area contributed by atoms with Gasteiger partial charge in [0, 0.05) is 25.7 Å². The third-order valence-corrected chi connectivity index (χ3v) is 6.24. The van der Waals surface area contributed by atoms with E-state index < -0.39 is 10.0 Å². The first-order chi connectivity index (χ1) is 12.7. The molecule has 1 aromatic heterocycles. The van der Waals surface area contributed by atoms with E-state index in [0.717, 1.165) is 6.26 Å². The molecular formula is C17H20ClN3O4S2. The van der Waals surface area contributed by atoms with Crippen LogP contribution in [0.1, 0.15) is 26.5 Å². The number of nitrogens with one attached hydrogen (secondary N) is 2. The van der Waals surface area contributed by atoms with Gasteiger partial charge in [0.05, 0.1) is 21.8 Å². The van der Waals surface area contributed by atoms with Gasteiger partial charge in [-0.2, -0.15) is 0 Å². The average molecular weight is 430 g/mol. The normalized spacial score (nSPS) is 11.4. The van der Waals surface area contributed by atoms with E-state index in [2.05, 4.69) is 10.6 Å². The molecule has 2 amide bonds. The maximum Gasteiger partial charge on any atom is 0.265 e. The van der Waals surface area contributed by atoms with Crippen molar-refractivity contribution in [2.75, 3.05) is 31.7 Å². The van der Waals surface area contributed by atoms with Crippen LogP contribution in [0.15, 0.2) is 35.7 Å². The van der Waals surface area contributed by atoms with Crippen molar-refractivity contribution in [1.29, 1.82) is 0 Å². The van der Waals surface area contributed by atoms with E-state index >= 15 is 0 Å². The number of sulfonamides is 1. The van der Waals surface area contributed by atoms with Gasteiger partial charge in [-0.05, 0) is 36.1 Å².